The van der Waals surface area contributed by atoms with Gasteiger partial charge in [0.25, 0.3) is 11.8 Å². The van der Waals surface area contributed by atoms with Gasteiger partial charge in [-0.1, -0.05) is 23.7 Å². The number of nitrogens with zero attached hydrogens (tertiary/aromatic N) is 2. The minimum atomic E-state index is -0.542. The smallest absolute Gasteiger partial charge is 0.271 e. The average molecular weight is 442 g/mol. The minimum Gasteiger partial charge on any atom is -0.392 e. The molecule has 0 saturated heterocycles. The van der Waals surface area contributed by atoms with E-state index in [0.717, 1.165) is 12.0 Å². The second-order valence-corrected chi connectivity index (χ2v) is 7.32. The Labute approximate surface area is 185 Å². The van der Waals surface area contributed by atoms with Crippen molar-refractivity contribution in [2.75, 3.05) is 38.3 Å². The van der Waals surface area contributed by atoms with Crippen LogP contribution in [0.2, 0.25) is 5.02 Å². The van der Waals surface area contributed by atoms with Crippen LogP contribution in [-0.4, -0.2) is 55.1 Å². The Hall–Kier alpha value is -3.59. The Morgan fingerprint density at radius 3 is 2.77 bits per heavy atom. The number of benzene rings is 1. The second kappa shape index (κ2) is 9.48. The van der Waals surface area contributed by atoms with E-state index in [-0.39, 0.29) is 17.3 Å². The molecule has 9 nitrogen and oxygen atoms in total. The number of likely N-dealkylation sites (N-methyl/N-ethyl adjacent to an activating group) is 1. The van der Waals surface area contributed by atoms with Gasteiger partial charge in [0, 0.05) is 40.0 Å². The van der Waals surface area contributed by atoms with Crippen LogP contribution in [0.5, 0.6) is 0 Å². The van der Waals surface area contributed by atoms with E-state index < -0.39 is 5.91 Å². The van der Waals surface area contributed by atoms with E-state index in [2.05, 4.69) is 26.3 Å². The van der Waals surface area contributed by atoms with E-state index in [1.54, 1.807) is 25.1 Å². The summed E-state index contributed by atoms with van der Waals surface area (Å²) >= 11 is 6.35. The molecule has 10 heteroatoms. The Morgan fingerprint density at radius 1 is 1.29 bits per heavy atom. The van der Waals surface area contributed by atoms with Crippen molar-refractivity contribution in [3.05, 3.63) is 58.5 Å². The number of pyridine rings is 1. The highest BCUT2D eigenvalue weighted by atomic mass is 35.5. The fourth-order valence-electron chi connectivity index (χ4n) is 3.19. The van der Waals surface area contributed by atoms with Gasteiger partial charge in [0.05, 0.1) is 33.9 Å². The first kappa shape index (κ1) is 22.1. The highest BCUT2D eigenvalue weighted by Crippen LogP contribution is 2.32. The van der Waals surface area contributed by atoms with Gasteiger partial charge in [-0.3, -0.25) is 15.0 Å². The summed E-state index contributed by atoms with van der Waals surface area (Å²) in [7, 11) is 4.89. The molecule has 31 heavy (non-hydrogen) atoms. The lowest BCUT2D eigenvalue weighted by atomic mass is 9.97. The lowest BCUT2D eigenvalue weighted by Crippen LogP contribution is -2.34. The van der Waals surface area contributed by atoms with Crippen molar-refractivity contribution in [3.63, 3.8) is 0 Å². The van der Waals surface area contributed by atoms with E-state index >= 15 is 0 Å². The largest absolute Gasteiger partial charge is 0.392 e. The number of amides is 2. The number of aromatic nitrogens is 1. The number of halogens is 1. The summed E-state index contributed by atoms with van der Waals surface area (Å²) in [5.74, 6) is -0.221. The Kier molecular flexibility index (Phi) is 6.76. The molecule has 0 radical (unpaired) electrons. The molecule has 0 unspecified atom stereocenters. The number of fused-ring (bicyclic) bond motifs is 1. The van der Waals surface area contributed by atoms with Crippen LogP contribution in [0.4, 0.5) is 17.2 Å². The molecule has 3 rings (SSSR count). The normalized spacial score (nSPS) is 13.4. The molecule has 0 bridgehead atoms. The van der Waals surface area contributed by atoms with Crippen LogP contribution in [-0.2, 0) is 11.2 Å². The molecule has 0 aliphatic carbocycles. The molecule has 1 aliphatic heterocycles. The molecule has 5 N–H and O–H groups in total. The third-order valence-corrected chi connectivity index (χ3v) is 5.13. The molecule has 0 saturated carbocycles. The van der Waals surface area contributed by atoms with Crippen LogP contribution in [0, 0.1) is 5.41 Å². The predicted molar refractivity (Wildman–Crippen MR) is 122 cm³/mol. The number of hydrogen-bond donors (Lipinski definition) is 5. The third kappa shape index (κ3) is 4.77. The van der Waals surface area contributed by atoms with Crippen molar-refractivity contribution in [1.29, 1.82) is 5.41 Å². The van der Waals surface area contributed by atoms with Crippen LogP contribution < -0.4 is 21.3 Å². The molecule has 2 heterocycles. The number of nitrogens with one attached hydrogen (secondary N) is 5. The van der Waals surface area contributed by atoms with Crippen LogP contribution in [0.1, 0.15) is 15.9 Å². The second-order valence-electron chi connectivity index (χ2n) is 6.92. The van der Waals surface area contributed by atoms with Crippen molar-refractivity contribution in [2.45, 2.75) is 6.42 Å². The summed E-state index contributed by atoms with van der Waals surface area (Å²) < 4.78 is 0. The summed E-state index contributed by atoms with van der Waals surface area (Å²) in [6.45, 7) is 0.678. The average Bonchev–Trinajstić information content (AvgIpc) is 2.77. The summed E-state index contributed by atoms with van der Waals surface area (Å²) in [5, 5.41) is 19.8. The summed E-state index contributed by atoms with van der Waals surface area (Å²) in [6, 6.07) is 7.32. The minimum absolute atomic E-state index is 0.0499. The van der Waals surface area contributed by atoms with Crippen LogP contribution in [0.15, 0.2) is 42.4 Å². The zero-order chi connectivity index (χ0) is 22.5. The maximum absolute atomic E-state index is 12.7. The van der Waals surface area contributed by atoms with Gasteiger partial charge in [-0.15, -0.1) is 0 Å². The van der Waals surface area contributed by atoms with Gasteiger partial charge in [0.1, 0.15) is 11.5 Å². The number of carbonyl (C=O) groups excluding carboxylic acids is 2. The molecule has 2 aromatic rings. The summed E-state index contributed by atoms with van der Waals surface area (Å²) in [6.07, 6.45) is 3.73. The van der Waals surface area contributed by atoms with Crippen molar-refractivity contribution >= 4 is 46.3 Å². The Bertz CT molecular complexity index is 1070. The van der Waals surface area contributed by atoms with Crippen molar-refractivity contribution < 1.29 is 9.59 Å². The number of rotatable bonds is 7. The lowest BCUT2D eigenvalue weighted by Gasteiger charge is -2.27. The quantitative estimate of drug-likeness (QED) is 0.420. The van der Waals surface area contributed by atoms with Gasteiger partial charge in [0.2, 0.25) is 0 Å². The van der Waals surface area contributed by atoms with E-state index in [1.165, 1.54) is 19.4 Å². The van der Waals surface area contributed by atoms with E-state index in [9.17, 15) is 9.59 Å². The van der Waals surface area contributed by atoms with E-state index in [0.29, 0.717) is 34.3 Å². The molecule has 0 spiro atoms. The van der Waals surface area contributed by atoms with Crippen LogP contribution >= 0.6 is 11.6 Å². The molecule has 1 aromatic carbocycles. The van der Waals surface area contributed by atoms with Crippen molar-refractivity contribution in [2.24, 2.45) is 0 Å². The fraction of sp³-hybridized carbons (Fsp3) is 0.238. The fourth-order valence-corrected chi connectivity index (χ4v) is 3.34. The summed E-state index contributed by atoms with van der Waals surface area (Å²) in [4.78, 5) is 30.5. The maximum atomic E-state index is 12.7. The molecule has 1 aromatic heterocycles. The monoisotopic (exact) mass is 441 g/mol. The highest BCUT2D eigenvalue weighted by Gasteiger charge is 2.25. The van der Waals surface area contributed by atoms with Crippen molar-refractivity contribution in [3.8, 4) is 0 Å². The van der Waals surface area contributed by atoms with Gasteiger partial charge in [-0.2, -0.15) is 0 Å². The predicted octanol–water partition coefficient (Wildman–Crippen LogP) is 2.35. The number of carbonyl (C=O) groups is 2. The van der Waals surface area contributed by atoms with Crippen LogP contribution in [0.25, 0.3) is 0 Å². The van der Waals surface area contributed by atoms with Gasteiger partial charge >= 0.3 is 0 Å². The molecular formula is C21H24ClN7O2. The first-order valence-electron chi connectivity index (χ1n) is 9.61. The number of hydrogen-bond acceptors (Lipinski definition) is 7. The van der Waals surface area contributed by atoms with Crippen molar-refractivity contribution in [1.82, 2.24) is 20.5 Å². The Balaban J connectivity index is 1.91. The van der Waals surface area contributed by atoms with Gasteiger partial charge in [0.15, 0.2) is 0 Å². The standard InChI is InChI=1S/C21H24ClN7O2/c1-24-11-16(19(23)20(30)25-2)28-17-9-15(13(22)10-26-17)27-14-6-4-5-12-7-8-29(3)21(31)18(12)14/h4-6,9-11,23-24H,7-8H2,1-3H3,(H,25,30)(H2,26,27,28)/b16-11+,23-19?. The third-order valence-electron chi connectivity index (χ3n) is 4.83. The summed E-state index contributed by atoms with van der Waals surface area (Å²) in [5.41, 5.74) is 2.76. The highest BCUT2D eigenvalue weighted by molar-refractivity contribution is 6.44. The first-order chi connectivity index (χ1) is 14.8. The SMILES string of the molecule is CN/C=C(/Nc1cc(Nc2cccc3c2C(=O)N(C)CC3)c(Cl)cn1)C(=N)C(=O)NC. The molecule has 1 aliphatic rings. The van der Waals surface area contributed by atoms with E-state index in [1.807, 2.05) is 18.2 Å². The zero-order valence-electron chi connectivity index (χ0n) is 17.5. The topological polar surface area (TPSA) is 122 Å². The van der Waals surface area contributed by atoms with Gasteiger partial charge < -0.3 is 26.2 Å². The van der Waals surface area contributed by atoms with Gasteiger partial charge in [-0.05, 0) is 18.1 Å². The molecule has 162 valence electrons. The lowest BCUT2D eigenvalue weighted by molar-refractivity contribution is -0.114. The first-order valence-corrected chi connectivity index (χ1v) is 9.98. The maximum Gasteiger partial charge on any atom is 0.271 e. The molecule has 0 fully saturated rings. The molecule has 0 atom stereocenters. The number of anilines is 3. The van der Waals surface area contributed by atoms with E-state index in [4.69, 9.17) is 17.0 Å². The molecule has 2 amide bonds. The zero-order valence-corrected chi connectivity index (χ0v) is 18.2. The van der Waals surface area contributed by atoms with Crippen LogP contribution in [0.3, 0.4) is 0 Å². The molecular weight excluding hydrogens is 418 g/mol. The Morgan fingerprint density at radius 2 is 2.06 bits per heavy atom. The van der Waals surface area contributed by atoms with Gasteiger partial charge in [-0.25, -0.2) is 4.98 Å².